The minimum Gasteiger partial charge on any atom is -0.495 e. The Morgan fingerprint density at radius 1 is 1.67 bits per heavy atom. The standard InChI is InChI=1S/C9H14N2O/c1-7(10)6-8-9(12-2)4-3-5-11-8/h3-5,7H,6,10H2,1-2H3. The van der Waals surface area contributed by atoms with E-state index in [1.165, 1.54) is 0 Å². The van der Waals surface area contributed by atoms with Gasteiger partial charge in [0.1, 0.15) is 5.75 Å². The zero-order chi connectivity index (χ0) is 8.97. The maximum atomic E-state index is 5.65. The van der Waals surface area contributed by atoms with E-state index in [2.05, 4.69) is 4.98 Å². The third-order valence-corrected chi connectivity index (χ3v) is 1.58. The van der Waals surface area contributed by atoms with E-state index in [-0.39, 0.29) is 6.04 Å². The highest BCUT2D eigenvalue weighted by atomic mass is 16.5. The molecule has 1 heterocycles. The Labute approximate surface area is 72.6 Å². The second-order valence-corrected chi connectivity index (χ2v) is 2.83. The first-order chi connectivity index (χ1) is 5.74. The van der Waals surface area contributed by atoms with Crippen molar-refractivity contribution in [1.29, 1.82) is 0 Å². The van der Waals surface area contributed by atoms with Gasteiger partial charge in [0, 0.05) is 18.7 Å². The first-order valence-corrected chi connectivity index (χ1v) is 3.97. The molecule has 1 aromatic rings. The number of nitrogens with zero attached hydrogens (tertiary/aromatic N) is 1. The molecule has 3 nitrogen and oxygen atoms in total. The van der Waals surface area contributed by atoms with E-state index in [0.717, 1.165) is 17.9 Å². The van der Waals surface area contributed by atoms with Gasteiger partial charge in [-0.25, -0.2) is 0 Å². The third-order valence-electron chi connectivity index (χ3n) is 1.58. The molecule has 0 saturated heterocycles. The van der Waals surface area contributed by atoms with Crippen molar-refractivity contribution in [2.24, 2.45) is 5.73 Å². The summed E-state index contributed by atoms with van der Waals surface area (Å²) in [5, 5.41) is 0. The minimum atomic E-state index is 0.119. The van der Waals surface area contributed by atoms with Gasteiger partial charge in [-0.15, -0.1) is 0 Å². The summed E-state index contributed by atoms with van der Waals surface area (Å²) in [6.07, 6.45) is 2.50. The fraction of sp³-hybridized carbons (Fsp3) is 0.444. The van der Waals surface area contributed by atoms with Crippen molar-refractivity contribution in [3.05, 3.63) is 24.0 Å². The zero-order valence-corrected chi connectivity index (χ0v) is 7.45. The van der Waals surface area contributed by atoms with Crippen LogP contribution in [0.2, 0.25) is 0 Å². The quantitative estimate of drug-likeness (QED) is 0.728. The average molecular weight is 166 g/mol. The summed E-state index contributed by atoms with van der Waals surface area (Å²) in [7, 11) is 1.64. The highest BCUT2D eigenvalue weighted by Crippen LogP contribution is 2.15. The first-order valence-electron chi connectivity index (χ1n) is 3.97. The second-order valence-electron chi connectivity index (χ2n) is 2.83. The molecule has 1 aromatic heterocycles. The van der Waals surface area contributed by atoms with Crippen LogP contribution in [0.3, 0.4) is 0 Å². The number of hydrogen-bond donors (Lipinski definition) is 1. The van der Waals surface area contributed by atoms with Crippen LogP contribution in [-0.4, -0.2) is 18.1 Å². The molecule has 3 heteroatoms. The summed E-state index contributed by atoms with van der Waals surface area (Å²) < 4.78 is 5.13. The van der Waals surface area contributed by atoms with Crippen molar-refractivity contribution in [2.45, 2.75) is 19.4 Å². The van der Waals surface area contributed by atoms with E-state index in [1.807, 2.05) is 19.1 Å². The fourth-order valence-electron chi connectivity index (χ4n) is 1.07. The number of hydrogen-bond acceptors (Lipinski definition) is 3. The molecule has 0 aromatic carbocycles. The average Bonchev–Trinajstić information content (AvgIpc) is 2.04. The van der Waals surface area contributed by atoms with Crippen LogP contribution < -0.4 is 10.5 Å². The number of aromatic nitrogens is 1. The van der Waals surface area contributed by atoms with Crippen molar-refractivity contribution in [3.8, 4) is 5.75 Å². The second kappa shape index (κ2) is 4.07. The predicted octanol–water partition coefficient (Wildman–Crippen LogP) is 0.980. The van der Waals surface area contributed by atoms with Gasteiger partial charge in [-0.3, -0.25) is 4.98 Å². The van der Waals surface area contributed by atoms with Crippen molar-refractivity contribution < 1.29 is 4.74 Å². The zero-order valence-electron chi connectivity index (χ0n) is 7.45. The van der Waals surface area contributed by atoms with Crippen LogP contribution >= 0.6 is 0 Å². The van der Waals surface area contributed by atoms with Crippen molar-refractivity contribution in [1.82, 2.24) is 4.98 Å². The highest BCUT2D eigenvalue weighted by Gasteiger charge is 2.04. The third kappa shape index (κ3) is 2.20. The lowest BCUT2D eigenvalue weighted by Crippen LogP contribution is -2.18. The van der Waals surface area contributed by atoms with Crippen molar-refractivity contribution in [3.63, 3.8) is 0 Å². The molecule has 0 amide bonds. The van der Waals surface area contributed by atoms with Gasteiger partial charge in [-0.1, -0.05) is 0 Å². The first kappa shape index (κ1) is 9.00. The van der Waals surface area contributed by atoms with Crippen LogP contribution in [-0.2, 0) is 6.42 Å². The fourth-order valence-corrected chi connectivity index (χ4v) is 1.07. The molecule has 2 N–H and O–H groups in total. The molecular formula is C9H14N2O. The van der Waals surface area contributed by atoms with Gasteiger partial charge in [0.25, 0.3) is 0 Å². The van der Waals surface area contributed by atoms with E-state index in [1.54, 1.807) is 13.3 Å². The molecule has 1 unspecified atom stereocenters. The topological polar surface area (TPSA) is 48.1 Å². The van der Waals surface area contributed by atoms with Crippen molar-refractivity contribution in [2.75, 3.05) is 7.11 Å². The summed E-state index contributed by atoms with van der Waals surface area (Å²) in [6, 6.07) is 3.86. The Morgan fingerprint density at radius 3 is 3.00 bits per heavy atom. The van der Waals surface area contributed by atoms with Crippen LogP contribution in [0.25, 0.3) is 0 Å². The summed E-state index contributed by atoms with van der Waals surface area (Å²) in [4.78, 5) is 4.18. The Hall–Kier alpha value is -1.09. The largest absolute Gasteiger partial charge is 0.495 e. The van der Waals surface area contributed by atoms with Crippen LogP contribution in [0, 0.1) is 0 Å². The monoisotopic (exact) mass is 166 g/mol. The van der Waals surface area contributed by atoms with E-state index in [9.17, 15) is 0 Å². The van der Waals surface area contributed by atoms with Gasteiger partial charge < -0.3 is 10.5 Å². The molecule has 66 valence electrons. The molecule has 0 radical (unpaired) electrons. The lowest BCUT2D eigenvalue weighted by atomic mass is 10.1. The molecule has 0 aliphatic carbocycles. The lowest BCUT2D eigenvalue weighted by molar-refractivity contribution is 0.405. The summed E-state index contributed by atoms with van der Waals surface area (Å²) in [5.74, 6) is 0.815. The molecule has 0 fully saturated rings. The van der Waals surface area contributed by atoms with Gasteiger partial charge >= 0.3 is 0 Å². The summed E-state index contributed by atoms with van der Waals surface area (Å²) in [6.45, 7) is 1.95. The summed E-state index contributed by atoms with van der Waals surface area (Å²) in [5.41, 5.74) is 6.58. The number of rotatable bonds is 3. The highest BCUT2D eigenvalue weighted by molar-refractivity contribution is 5.27. The van der Waals surface area contributed by atoms with Gasteiger partial charge in [-0.2, -0.15) is 0 Å². The lowest BCUT2D eigenvalue weighted by Gasteiger charge is -2.08. The number of pyridine rings is 1. The Balaban J connectivity index is 2.82. The SMILES string of the molecule is COc1cccnc1CC(C)N. The molecule has 0 spiro atoms. The summed E-state index contributed by atoms with van der Waals surface area (Å²) >= 11 is 0. The predicted molar refractivity (Wildman–Crippen MR) is 48.1 cm³/mol. The normalized spacial score (nSPS) is 12.6. The molecule has 0 aliphatic heterocycles. The van der Waals surface area contributed by atoms with Crippen LogP contribution in [0.15, 0.2) is 18.3 Å². The Bertz CT molecular complexity index is 248. The van der Waals surface area contributed by atoms with Gasteiger partial charge in [-0.05, 0) is 19.1 Å². The molecule has 0 aliphatic rings. The van der Waals surface area contributed by atoms with Crippen LogP contribution in [0.5, 0.6) is 5.75 Å². The van der Waals surface area contributed by atoms with Crippen LogP contribution in [0.4, 0.5) is 0 Å². The molecule has 1 atom stereocenters. The van der Waals surface area contributed by atoms with E-state index in [4.69, 9.17) is 10.5 Å². The molecule has 0 saturated carbocycles. The van der Waals surface area contributed by atoms with E-state index >= 15 is 0 Å². The Kier molecular flexibility index (Phi) is 3.05. The van der Waals surface area contributed by atoms with Crippen LogP contribution in [0.1, 0.15) is 12.6 Å². The Morgan fingerprint density at radius 2 is 2.42 bits per heavy atom. The molecular weight excluding hydrogens is 152 g/mol. The van der Waals surface area contributed by atoms with E-state index < -0.39 is 0 Å². The maximum Gasteiger partial charge on any atom is 0.140 e. The van der Waals surface area contributed by atoms with E-state index in [0.29, 0.717) is 0 Å². The van der Waals surface area contributed by atoms with Gasteiger partial charge in [0.15, 0.2) is 0 Å². The number of methoxy groups -OCH3 is 1. The molecule has 0 bridgehead atoms. The smallest absolute Gasteiger partial charge is 0.140 e. The number of ether oxygens (including phenoxy) is 1. The maximum absolute atomic E-state index is 5.65. The van der Waals surface area contributed by atoms with Gasteiger partial charge in [0.05, 0.1) is 12.8 Å². The minimum absolute atomic E-state index is 0.119. The molecule has 1 rings (SSSR count). The molecule has 12 heavy (non-hydrogen) atoms. The van der Waals surface area contributed by atoms with Gasteiger partial charge in [0.2, 0.25) is 0 Å². The number of nitrogens with two attached hydrogens (primary N) is 1. The van der Waals surface area contributed by atoms with Crippen molar-refractivity contribution >= 4 is 0 Å².